The molecule has 16 heavy (non-hydrogen) atoms. The van der Waals surface area contributed by atoms with Crippen LogP contribution in [-0.4, -0.2) is 12.6 Å². The first-order valence-electron chi connectivity index (χ1n) is 6.34. The maximum Gasteiger partial charge on any atom is 0.0443 e. The van der Waals surface area contributed by atoms with E-state index in [1.165, 1.54) is 43.4 Å². The highest BCUT2D eigenvalue weighted by atomic mass is 35.5. The van der Waals surface area contributed by atoms with Crippen LogP contribution in [0.1, 0.15) is 42.7 Å². The summed E-state index contributed by atoms with van der Waals surface area (Å²) in [5.41, 5.74) is 2.75. The minimum absolute atomic E-state index is 0.669. The van der Waals surface area contributed by atoms with Crippen LogP contribution in [0.15, 0.2) is 18.2 Å². The van der Waals surface area contributed by atoms with Crippen LogP contribution in [0.3, 0.4) is 0 Å². The summed E-state index contributed by atoms with van der Waals surface area (Å²) in [6, 6.07) is 7.35. The highest BCUT2D eigenvalue weighted by Crippen LogP contribution is 2.43. The Hall–Kier alpha value is -0.530. The van der Waals surface area contributed by atoms with E-state index in [-0.39, 0.29) is 0 Å². The van der Waals surface area contributed by atoms with Gasteiger partial charge in [0.05, 0.1) is 0 Å². The summed E-state index contributed by atoms with van der Waals surface area (Å²) in [4.78, 5) is 0. The van der Waals surface area contributed by atoms with Crippen molar-refractivity contribution in [2.75, 3.05) is 6.54 Å². The number of benzene rings is 1. The Morgan fingerprint density at radius 3 is 2.75 bits per heavy atom. The molecule has 1 saturated carbocycles. The number of nitrogens with one attached hydrogen (secondary N) is 1. The van der Waals surface area contributed by atoms with E-state index in [1.54, 1.807) is 0 Å². The first-order chi connectivity index (χ1) is 7.83. The molecule has 86 valence electrons. The molecule has 2 aliphatic rings. The van der Waals surface area contributed by atoms with Crippen LogP contribution in [0.25, 0.3) is 0 Å². The quantitative estimate of drug-likeness (QED) is 0.846. The Morgan fingerprint density at radius 1 is 1.25 bits per heavy atom. The molecule has 0 amide bonds. The molecule has 0 aromatic heterocycles. The minimum atomic E-state index is 0.669. The van der Waals surface area contributed by atoms with Gasteiger partial charge in [0.25, 0.3) is 0 Å². The third-order valence-electron chi connectivity index (χ3n) is 3.73. The summed E-state index contributed by atoms with van der Waals surface area (Å²) < 4.78 is 0. The Balaban J connectivity index is 1.72. The van der Waals surface area contributed by atoms with Crippen molar-refractivity contribution in [2.24, 2.45) is 0 Å². The van der Waals surface area contributed by atoms with E-state index >= 15 is 0 Å². The van der Waals surface area contributed by atoms with Crippen molar-refractivity contribution in [1.29, 1.82) is 0 Å². The number of halogens is 1. The van der Waals surface area contributed by atoms with E-state index in [2.05, 4.69) is 23.5 Å². The van der Waals surface area contributed by atoms with Gasteiger partial charge in [0.1, 0.15) is 0 Å². The van der Waals surface area contributed by atoms with Crippen LogP contribution < -0.4 is 5.32 Å². The predicted molar refractivity (Wildman–Crippen MR) is 68.2 cm³/mol. The van der Waals surface area contributed by atoms with Gasteiger partial charge in [-0.1, -0.05) is 23.7 Å². The Morgan fingerprint density at radius 2 is 2.12 bits per heavy atom. The molecule has 1 aromatic carbocycles. The Labute approximate surface area is 102 Å². The molecular formula is C14H18ClN. The second-order valence-corrected chi connectivity index (χ2v) is 5.53. The standard InChI is InChI=1S/C14H18ClN/c15-14-9-10(8-12-2-1-7-16-12)3-6-13(14)11-4-5-11/h3,6,9,11-12,16H,1-2,4-5,7-8H2. The van der Waals surface area contributed by atoms with Crippen LogP contribution in [0.2, 0.25) is 5.02 Å². The van der Waals surface area contributed by atoms with Gasteiger partial charge in [-0.05, 0) is 61.8 Å². The molecule has 1 unspecified atom stereocenters. The summed E-state index contributed by atoms with van der Waals surface area (Å²) in [7, 11) is 0. The van der Waals surface area contributed by atoms with Gasteiger partial charge in [0.15, 0.2) is 0 Å². The smallest absolute Gasteiger partial charge is 0.0443 e. The van der Waals surface area contributed by atoms with E-state index in [0.29, 0.717) is 6.04 Å². The Kier molecular flexibility index (Phi) is 2.91. The van der Waals surface area contributed by atoms with Crippen LogP contribution in [0.5, 0.6) is 0 Å². The maximum atomic E-state index is 6.33. The Bertz CT molecular complexity index is 378. The largest absolute Gasteiger partial charge is 0.314 e. The van der Waals surface area contributed by atoms with Crippen molar-refractivity contribution < 1.29 is 0 Å². The van der Waals surface area contributed by atoms with Crippen molar-refractivity contribution >= 4 is 11.6 Å². The van der Waals surface area contributed by atoms with Crippen molar-refractivity contribution in [3.8, 4) is 0 Å². The molecule has 1 nitrogen and oxygen atoms in total. The van der Waals surface area contributed by atoms with Crippen molar-refractivity contribution in [2.45, 2.75) is 44.1 Å². The molecule has 0 spiro atoms. The van der Waals surface area contributed by atoms with Crippen molar-refractivity contribution in [1.82, 2.24) is 5.32 Å². The number of rotatable bonds is 3. The molecule has 0 bridgehead atoms. The van der Waals surface area contributed by atoms with Crippen molar-refractivity contribution in [3.63, 3.8) is 0 Å². The summed E-state index contributed by atoms with van der Waals surface area (Å²) >= 11 is 6.33. The van der Waals surface area contributed by atoms with Gasteiger partial charge in [-0.15, -0.1) is 0 Å². The van der Waals surface area contributed by atoms with Gasteiger partial charge in [-0.2, -0.15) is 0 Å². The first-order valence-corrected chi connectivity index (χ1v) is 6.72. The van der Waals surface area contributed by atoms with Gasteiger partial charge in [-0.25, -0.2) is 0 Å². The zero-order chi connectivity index (χ0) is 11.0. The third kappa shape index (κ3) is 2.26. The average Bonchev–Trinajstić information content (AvgIpc) is 2.97. The fourth-order valence-electron chi connectivity index (χ4n) is 2.64. The molecule has 0 radical (unpaired) electrons. The second-order valence-electron chi connectivity index (χ2n) is 5.13. The summed E-state index contributed by atoms with van der Waals surface area (Å²) in [5.74, 6) is 0.756. The fourth-order valence-corrected chi connectivity index (χ4v) is 3.00. The van der Waals surface area contributed by atoms with E-state index in [4.69, 9.17) is 11.6 Å². The molecule has 1 N–H and O–H groups in total. The lowest BCUT2D eigenvalue weighted by Gasteiger charge is -2.11. The minimum Gasteiger partial charge on any atom is -0.314 e. The SMILES string of the molecule is Clc1cc(CC2CCCN2)ccc1C1CC1. The summed E-state index contributed by atoms with van der Waals surface area (Å²) in [6.07, 6.45) is 6.40. The van der Waals surface area contributed by atoms with Crippen LogP contribution in [0.4, 0.5) is 0 Å². The highest BCUT2D eigenvalue weighted by Gasteiger charge is 2.25. The molecule has 1 aliphatic heterocycles. The van der Waals surface area contributed by atoms with Gasteiger partial charge >= 0.3 is 0 Å². The summed E-state index contributed by atoms with van der Waals surface area (Å²) in [5, 5.41) is 4.52. The molecule has 2 fully saturated rings. The maximum absolute atomic E-state index is 6.33. The van der Waals surface area contributed by atoms with E-state index in [9.17, 15) is 0 Å². The van der Waals surface area contributed by atoms with E-state index < -0.39 is 0 Å². The lowest BCUT2D eigenvalue weighted by molar-refractivity contribution is 0.603. The molecule has 1 saturated heterocycles. The summed E-state index contributed by atoms with van der Waals surface area (Å²) in [6.45, 7) is 1.18. The van der Waals surface area contributed by atoms with Crippen LogP contribution in [-0.2, 0) is 6.42 Å². The van der Waals surface area contributed by atoms with E-state index in [1.807, 2.05) is 0 Å². The average molecular weight is 236 g/mol. The van der Waals surface area contributed by atoms with Gasteiger partial charge < -0.3 is 5.32 Å². The topological polar surface area (TPSA) is 12.0 Å². The molecule has 1 aromatic rings. The predicted octanol–water partition coefficient (Wildman–Crippen LogP) is 3.51. The van der Waals surface area contributed by atoms with Crippen molar-refractivity contribution in [3.05, 3.63) is 34.3 Å². The van der Waals surface area contributed by atoms with Gasteiger partial charge in [-0.3, -0.25) is 0 Å². The molecule has 3 rings (SSSR count). The molecule has 1 aliphatic carbocycles. The number of hydrogen-bond donors (Lipinski definition) is 1. The zero-order valence-electron chi connectivity index (χ0n) is 9.51. The van der Waals surface area contributed by atoms with Crippen LogP contribution in [0, 0.1) is 0 Å². The van der Waals surface area contributed by atoms with Gasteiger partial charge in [0.2, 0.25) is 0 Å². The first kappa shape index (κ1) is 10.6. The van der Waals surface area contributed by atoms with E-state index in [0.717, 1.165) is 17.4 Å². The van der Waals surface area contributed by atoms with Crippen LogP contribution >= 0.6 is 11.6 Å². The lowest BCUT2D eigenvalue weighted by atomic mass is 10.0. The molecule has 2 heteroatoms. The third-order valence-corrected chi connectivity index (χ3v) is 4.05. The van der Waals surface area contributed by atoms with Gasteiger partial charge in [0, 0.05) is 11.1 Å². The zero-order valence-corrected chi connectivity index (χ0v) is 10.3. The molecule has 1 heterocycles. The molecule has 1 atom stereocenters. The molecular weight excluding hydrogens is 218 g/mol. The normalized spacial score (nSPS) is 24.9. The monoisotopic (exact) mass is 235 g/mol. The lowest BCUT2D eigenvalue weighted by Crippen LogP contribution is -2.23. The second kappa shape index (κ2) is 4.38. The fraction of sp³-hybridized carbons (Fsp3) is 0.571. The number of hydrogen-bond acceptors (Lipinski definition) is 1. The highest BCUT2D eigenvalue weighted by molar-refractivity contribution is 6.31.